The third kappa shape index (κ3) is 9.54. The first-order valence-electron chi connectivity index (χ1n) is 22.3. The number of benzene rings is 2. The molecule has 60 heavy (non-hydrogen) atoms. The lowest BCUT2D eigenvalue weighted by atomic mass is 9.78. The number of nitrogens with one attached hydrogen (secondary N) is 6. The molecule has 4 aliphatic rings. The fourth-order valence-corrected chi connectivity index (χ4v) is 9.58. The Hall–Kier alpha value is -4.82. The molecule has 6 rings (SSSR count). The molecule has 6 N–H and O–H groups in total. The summed E-state index contributed by atoms with van der Waals surface area (Å²) in [5.41, 5.74) is 6.88. The second-order valence-corrected chi connectivity index (χ2v) is 17.0. The van der Waals surface area contributed by atoms with Crippen molar-refractivity contribution in [2.75, 3.05) is 27.2 Å². The fraction of sp³-hybridized carbons (Fsp3) is 0.609. The summed E-state index contributed by atoms with van der Waals surface area (Å²) >= 11 is 0. The second-order valence-electron chi connectivity index (χ2n) is 17.0. The van der Waals surface area contributed by atoms with Crippen LogP contribution in [0.15, 0.2) is 36.4 Å². The van der Waals surface area contributed by atoms with Crippen molar-refractivity contribution in [1.29, 1.82) is 0 Å². The zero-order valence-electron chi connectivity index (χ0n) is 36.3. The molecule has 2 saturated heterocycles. The number of hydrogen-bond donors (Lipinski definition) is 6. The smallest absolute Gasteiger partial charge is 0.245 e. The molecular formula is C46H66N8O6. The van der Waals surface area contributed by atoms with Crippen LogP contribution in [-0.2, 0) is 41.6 Å². The largest absolute Gasteiger partial charge is 0.347 e. The van der Waals surface area contributed by atoms with Gasteiger partial charge in [0.1, 0.15) is 24.2 Å². The Morgan fingerprint density at radius 2 is 1.00 bits per heavy atom. The topological polar surface area (TPSA) is 181 Å². The van der Waals surface area contributed by atoms with E-state index in [9.17, 15) is 28.8 Å². The summed E-state index contributed by atoms with van der Waals surface area (Å²) in [4.78, 5) is 83.9. The number of nitrogens with zero attached hydrogens (tertiary/aromatic N) is 2. The Labute approximate surface area is 355 Å². The standard InChI is InChI=1S/C46H66N8O6/c1-7-35(49-41(55)27(3)47-5)45(59)53-25-13-23-39(53)43(57)51-37-21-11-17-31-29(15-9-19-33(31)37)30-16-10-20-34-32(30)18-12-22-38(34)52-44(58)40-24-14-26-54(40)46(60)36(8-2)50-42(56)28(4)48-6/h9-10,15-16,19-20,27-28,35-40,47-48H,7-8,11-14,17-18,21-26H2,1-6H3,(H,49,55)(H,50,56)(H,51,57)(H,52,58)/t27-,28-,35-,36-,37+,38+,39-,40-/m0/s1. The average molecular weight is 827 g/mol. The summed E-state index contributed by atoms with van der Waals surface area (Å²) in [7, 11) is 3.40. The summed E-state index contributed by atoms with van der Waals surface area (Å²) in [5, 5.41) is 18.2. The predicted molar refractivity (Wildman–Crippen MR) is 230 cm³/mol. The highest BCUT2D eigenvalue weighted by atomic mass is 16.2. The normalized spacial score (nSPS) is 23.0. The zero-order chi connectivity index (χ0) is 43.1. The Bertz CT molecular complexity index is 1780. The number of hydrogen-bond acceptors (Lipinski definition) is 8. The number of amides is 6. The highest BCUT2D eigenvalue weighted by Gasteiger charge is 2.40. The van der Waals surface area contributed by atoms with Gasteiger partial charge in [0.2, 0.25) is 35.4 Å². The van der Waals surface area contributed by atoms with Crippen molar-refractivity contribution < 1.29 is 28.8 Å². The van der Waals surface area contributed by atoms with E-state index >= 15 is 0 Å². The van der Waals surface area contributed by atoms with Crippen LogP contribution >= 0.6 is 0 Å². The molecule has 0 bridgehead atoms. The predicted octanol–water partition coefficient (Wildman–Crippen LogP) is 3.33. The lowest BCUT2D eigenvalue weighted by Crippen LogP contribution is -2.55. The minimum absolute atomic E-state index is 0.162. The van der Waals surface area contributed by atoms with Gasteiger partial charge in [-0.2, -0.15) is 0 Å². The van der Waals surface area contributed by atoms with Gasteiger partial charge >= 0.3 is 0 Å². The Balaban J connectivity index is 1.16. The number of rotatable bonds is 15. The highest BCUT2D eigenvalue weighted by molar-refractivity contribution is 5.94. The van der Waals surface area contributed by atoms with Crippen molar-refractivity contribution in [3.8, 4) is 11.1 Å². The lowest BCUT2D eigenvalue weighted by molar-refractivity contribution is -0.141. The molecule has 6 amide bonds. The summed E-state index contributed by atoms with van der Waals surface area (Å²) in [6.07, 6.45) is 8.58. The molecule has 2 aromatic rings. The zero-order valence-corrected chi connectivity index (χ0v) is 36.3. The van der Waals surface area contributed by atoms with Crippen LogP contribution in [0, 0.1) is 0 Å². The quantitative estimate of drug-likeness (QED) is 0.158. The number of carbonyl (C=O) groups excluding carboxylic acids is 6. The van der Waals surface area contributed by atoms with Crippen LogP contribution in [0.4, 0.5) is 0 Å². The maximum Gasteiger partial charge on any atom is 0.245 e. The first-order chi connectivity index (χ1) is 28.9. The van der Waals surface area contributed by atoms with Gasteiger partial charge < -0.3 is 41.7 Å². The van der Waals surface area contributed by atoms with Crippen LogP contribution in [0.25, 0.3) is 11.1 Å². The molecule has 0 saturated carbocycles. The SMILES string of the molecule is CC[C@H](NC(=O)[C@H](C)NC)C(=O)N1CCC[C@H]1C(=O)N[C@@H]1CCCc2c(-c3cccc4c3CCC[C@H]4NC(=O)[C@@H]3CCCN3C(=O)[C@H](CC)NC(=O)[C@H](C)NC)cccc21. The van der Waals surface area contributed by atoms with Gasteiger partial charge in [0.05, 0.1) is 24.2 Å². The minimum Gasteiger partial charge on any atom is -0.347 e. The molecule has 2 fully saturated rings. The first-order valence-corrected chi connectivity index (χ1v) is 22.3. The van der Waals surface area contributed by atoms with E-state index in [1.807, 2.05) is 13.8 Å². The Morgan fingerprint density at radius 3 is 1.37 bits per heavy atom. The van der Waals surface area contributed by atoms with E-state index in [2.05, 4.69) is 68.3 Å². The van der Waals surface area contributed by atoms with Crippen LogP contribution in [0.5, 0.6) is 0 Å². The molecule has 0 aromatic heterocycles. The molecule has 8 atom stereocenters. The van der Waals surface area contributed by atoms with Gasteiger partial charge in [-0.05, 0) is 138 Å². The fourth-order valence-electron chi connectivity index (χ4n) is 9.58. The third-order valence-electron chi connectivity index (χ3n) is 13.3. The van der Waals surface area contributed by atoms with E-state index < -0.39 is 36.3 Å². The van der Waals surface area contributed by atoms with Crippen LogP contribution in [0.3, 0.4) is 0 Å². The van der Waals surface area contributed by atoms with Gasteiger partial charge in [0.25, 0.3) is 0 Å². The minimum atomic E-state index is -0.697. The Morgan fingerprint density at radius 1 is 0.600 bits per heavy atom. The molecule has 2 heterocycles. The third-order valence-corrected chi connectivity index (χ3v) is 13.3. The van der Waals surface area contributed by atoms with Crippen molar-refractivity contribution in [3.63, 3.8) is 0 Å². The summed E-state index contributed by atoms with van der Waals surface area (Å²) in [6, 6.07) is 8.79. The van der Waals surface area contributed by atoms with Crippen molar-refractivity contribution in [1.82, 2.24) is 41.7 Å². The van der Waals surface area contributed by atoms with E-state index in [1.165, 1.54) is 11.1 Å². The number of fused-ring (bicyclic) bond motifs is 2. The van der Waals surface area contributed by atoms with Gasteiger partial charge in [-0.15, -0.1) is 0 Å². The molecule has 0 radical (unpaired) electrons. The number of likely N-dealkylation sites (N-methyl/N-ethyl adjacent to an activating group) is 2. The summed E-state index contributed by atoms with van der Waals surface area (Å²) in [5.74, 6) is -1.26. The number of likely N-dealkylation sites (tertiary alicyclic amines) is 2. The maximum absolute atomic E-state index is 14.0. The molecule has 14 nitrogen and oxygen atoms in total. The van der Waals surface area contributed by atoms with E-state index in [-0.39, 0.29) is 47.5 Å². The highest BCUT2D eigenvalue weighted by Crippen LogP contribution is 2.42. The van der Waals surface area contributed by atoms with E-state index in [1.54, 1.807) is 37.7 Å². The van der Waals surface area contributed by atoms with Gasteiger partial charge in [0, 0.05) is 13.1 Å². The Kier molecular flexibility index (Phi) is 15.0. The van der Waals surface area contributed by atoms with Crippen LogP contribution in [0.1, 0.15) is 126 Å². The molecule has 14 heteroatoms. The van der Waals surface area contributed by atoms with Crippen LogP contribution in [-0.4, -0.2) is 109 Å². The number of carbonyl (C=O) groups is 6. The van der Waals surface area contributed by atoms with Gasteiger partial charge in [-0.3, -0.25) is 28.8 Å². The summed E-state index contributed by atoms with van der Waals surface area (Å²) < 4.78 is 0. The second kappa shape index (κ2) is 20.2. The molecule has 0 spiro atoms. The molecule has 326 valence electrons. The molecule has 0 unspecified atom stereocenters. The summed E-state index contributed by atoms with van der Waals surface area (Å²) in [6.45, 7) is 8.16. The van der Waals surface area contributed by atoms with Crippen molar-refractivity contribution in [2.45, 2.75) is 153 Å². The van der Waals surface area contributed by atoms with Crippen LogP contribution in [0.2, 0.25) is 0 Å². The van der Waals surface area contributed by atoms with E-state index in [4.69, 9.17) is 0 Å². The molecule has 2 aliphatic heterocycles. The average Bonchev–Trinajstić information content (AvgIpc) is 3.97. The molecular weight excluding hydrogens is 761 g/mol. The molecule has 2 aliphatic carbocycles. The van der Waals surface area contributed by atoms with Crippen molar-refractivity contribution >= 4 is 35.4 Å². The van der Waals surface area contributed by atoms with Gasteiger partial charge in [0.15, 0.2) is 0 Å². The maximum atomic E-state index is 14.0. The van der Waals surface area contributed by atoms with E-state index in [0.29, 0.717) is 38.8 Å². The van der Waals surface area contributed by atoms with Crippen molar-refractivity contribution in [2.24, 2.45) is 0 Å². The lowest BCUT2D eigenvalue weighted by Gasteiger charge is -2.33. The van der Waals surface area contributed by atoms with Gasteiger partial charge in [-0.1, -0.05) is 50.2 Å². The molecule has 2 aromatic carbocycles. The van der Waals surface area contributed by atoms with Crippen LogP contribution < -0.4 is 31.9 Å². The first kappa shape index (κ1) is 44.7. The van der Waals surface area contributed by atoms with E-state index in [0.717, 1.165) is 73.6 Å². The van der Waals surface area contributed by atoms with Crippen molar-refractivity contribution in [3.05, 3.63) is 58.7 Å². The monoisotopic (exact) mass is 827 g/mol. The van der Waals surface area contributed by atoms with Gasteiger partial charge in [-0.25, -0.2) is 0 Å².